The van der Waals surface area contributed by atoms with Crippen molar-refractivity contribution in [3.05, 3.63) is 17.8 Å². The molecule has 2 rings (SSSR count). The molecule has 2 atom stereocenters. The maximum absolute atomic E-state index is 5.56. The highest BCUT2D eigenvalue weighted by Gasteiger charge is 2.32. The summed E-state index contributed by atoms with van der Waals surface area (Å²) in [6.07, 6.45) is 2.93. The molecular weight excluding hydrogens is 214 g/mol. The molecule has 1 aromatic rings. The highest BCUT2D eigenvalue weighted by Crippen LogP contribution is 2.20. The largest absolute Gasteiger partial charge is 0.445 e. The van der Waals surface area contributed by atoms with Crippen LogP contribution in [0.25, 0.3) is 0 Å². The van der Waals surface area contributed by atoms with Crippen LogP contribution >= 0.6 is 0 Å². The minimum absolute atomic E-state index is 0.216. The number of aryl methyl sites for hydroxylation is 1. The molecule has 0 bridgehead atoms. The number of hydrogen-bond donors (Lipinski definition) is 1. The van der Waals surface area contributed by atoms with Crippen molar-refractivity contribution < 1.29 is 4.42 Å². The Hall–Kier alpha value is -0.870. The molecule has 4 nitrogen and oxygen atoms in total. The summed E-state index contributed by atoms with van der Waals surface area (Å²) in [6.45, 7) is 11.6. The molecule has 0 radical (unpaired) electrons. The Morgan fingerprint density at radius 2 is 2.41 bits per heavy atom. The van der Waals surface area contributed by atoms with Crippen LogP contribution in [0.1, 0.15) is 38.8 Å². The molecule has 0 amide bonds. The van der Waals surface area contributed by atoms with Crippen molar-refractivity contribution in [3.63, 3.8) is 0 Å². The molecule has 2 unspecified atom stereocenters. The Balaban J connectivity index is 2.03. The van der Waals surface area contributed by atoms with E-state index in [2.05, 4.69) is 36.0 Å². The molecule has 2 heterocycles. The molecule has 17 heavy (non-hydrogen) atoms. The van der Waals surface area contributed by atoms with Crippen molar-refractivity contribution in [2.45, 2.75) is 52.2 Å². The lowest BCUT2D eigenvalue weighted by atomic mass is 9.94. The van der Waals surface area contributed by atoms with Crippen LogP contribution in [0, 0.1) is 6.92 Å². The molecule has 1 N–H and O–H groups in total. The summed E-state index contributed by atoms with van der Waals surface area (Å²) in [6, 6.07) is 0.529. The molecule has 0 saturated carbocycles. The molecule has 0 aliphatic carbocycles. The van der Waals surface area contributed by atoms with E-state index in [0.29, 0.717) is 6.04 Å². The number of hydrogen-bond acceptors (Lipinski definition) is 4. The maximum atomic E-state index is 5.56. The smallest absolute Gasteiger partial charge is 0.208 e. The zero-order valence-corrected chi connectivity index (χ0v) is 11.3. The molecular formula is C13H23N3O. The van der Waals surface area contributed by atoms with Crippen LogP contribution in [-0.2, 0) is 6.54 Å². The first kappa shape index (κ1) is 12.6. The van der Waals surface area contributed by atoms with E-state index in [0.717, 1.165) is 37.7 Å². The molecule has 1 aromatic heterocycles. The van der Waals surface area contributed by atoms with Crippen LogP contribution < -0.4 is 5.32 Å². The van der Waals surface area contributed by atoms with E-state index < -0.39 is 0 Å². The van der Waals surface area contributed by atoms with Crippen LogP contribution in [0.15, 0.2) is 10.6 Å². The quantitative estimate of drug-likeness (QED) is 0.872. The van der Waals surface area contributed by atoms with Crippen LogP contribution in [0.5, 0.6) is 0 Å². The second-order valence-corrected chi connectivity index (χ2v) is 5.41. The van der Waals surface area contributed by atoms with Gasteiger partial charge in [-0.15, -0.1) is 0 Å². The van der Waals surface area contributed by atoms with Crippen LogP contribution in [0.2, 0.25) is 0 Å². The predicted molar refractivity (Wildman–Crippen MR) is 67.8 cm³/mol. The topological polar surface area (TPSA) is 41.3 Å². The zero-order valence-electron chi connectivity index (χ0n) is 11.3. The van der Waals surface area contributed by atoms with Gasteiger partial charge in [-0.3, -0.25) is 4.90 Å². The molecule has 1 aliphatic heterocycles. The van der Waals surface area contributed by atoms with E-state index in [9.17, 15) is 0 Å². The van der Waals surface area contributed by atoms with Crippen molar-refractivity contribution in [1.82, 2.24) is 15.2 Å². The molecule has 0 aromatic carbocycles. The number of nitrogens with zero attached hydrogens (tertiary/aromatic N) is 2. The lowest BCUT2D eigenvalue weighted by Crippen LogP contribution is -2.61. The molecule has 1 saturated heterocycles. The number of nitrogens with one attached hydrogen (secondary N) is 1. The first-order chi connectivity index (χ1) is 8.02. The molecule has 1 fully saturated rings. The highest BCUT2D eigenvalue weighted by molar-refractivity contribution is 4.96. The second kappa shape index (κ2) is 4.78. The summed E-state index contributed by atoms with van der Waals surface area (Å²) in [7, 11) is 0. The Bertz CT molecular complexity index is 376. The highest BCUT2D eigenvalue weighted by atomic mass is 16.4. The Labute approximate surface area is 103 Å². The minimum Gasteiger partial charge on any atom is -0.445 e. The van der Waals surface area contributed by atoms with Gasteiger partial charge in [0.25, 0.3) is 0 Å². The van der Waals surface area contributed by atoms with Gasteiger partial charge in [0.2, 0.25) is 5.89 Å². The molecule has 96 valence electrons. The monoisotopic (exact) mass is 237 g/mol. The first-order valence-electron chi connectivity index (χ1n) is 6.43. The fourth-order valence-electron chi connectivity index (χ4n) is 2.28. The fraction of sp³-hybridized carbons (Fsp3) is 0.769. The SMILES string of the molecule is CCC1(C)CN(Cc2ncc(C)o2)C(C)CN1. The molecule has 1 aliphatic rings. The van der Waals surface area contributed by atoms with Crippen LogP contribution in [0.3, 0.4) is 0 Å². The second-order valence-electron chi connectivity index (χ2n) is 5.41. The number of rotatable bonds is 3. The van der Waals surface area contributed by atoms with Gasteiger partial charge >= 0.3 is 0 Å². The number of aromatic nitrogens is 1. The van der Waals surface area contributed by atoms with Crippen LogP contribution in [-0.4, -0.2) is 34.6 Å². The number of piperazine rings is 1. The summed E-state index contributed by atoms with van der Waals surface area (Å²) in [5.74, 6) is 1.72. The lowest BCUT2D eigenvalue weighted by molar-refractivity contribution is 0.0784. The normalized spacial score (nSPS) is 30.7. The first-order valence-corrected chi connectivity index (χ1v) is 6.43. The van der Waals surface area contributed by atoms with E-state index in [1.165, 1.54) is 0 Å². The van der Waals surface area contributed by atoms with Gasteiger partial charge < -0.3 is 9.73 Å². The Morgan fingerprint density at radius 3 is 3.00 bits per heavy atom. The van der Waals surface area contributed by atoms with E-state index in [1.54, 1.807) is 6.20 Å². The van der Waals surface area contributed by atoms with E-state index >= 15 is 0 Å². The summed E-state index contributed by atoms with van der Waals surface area (Å²) in [4.78, 5) is 6.74. The van der Waals surface area contributed by atoms with E-state index in [4.69, 9.17) is 4.42 Å². The van der Waals surface area contributed by atoms with Gasteiger partial charge in [0, 0.05) is 24.7 Å². The Morgan fingerprint density at radius 1 is 1.65 bits per heavy atom. The third-order valence-corrected chi connectivity index (χ3v) is 3.79. The van der Waals surface area contributed by atoms with Crippen molar-refractivity contribution in [2.24, 2.45) is 0 Å². The Kier molecular flexibility index (Phi) is 3.54. The predicted octanol–water partition coefficient (Wildman–Crippen LogP) is 1.95. The summed E-state index contributed by atoms with van der Waals surface area (Å²) in [5, 5.41) is 3.62. The van der Waals surface area contributed by atoms with Gasteiger partial charge in [0.1, 0.15) is 5.76 Å². The van der Waals surface area contributed by atoms with Crippen molar-refractivity contribution in [2.75, 3.05) is 13.1 Å². The lowest BCUT2D eigenvalue weighted by Gasteiger charge is -2.44. The fourth-order valence-corrected chi connectivity index (χ4v) is 2.28. The third-order valence-electron chi connectivity index (χ3n) is 3.79. The average molecular weight is 237 g/mol. The zero-order chi connectivity index (χ0) is 12.5. The standard InChI is InChI=1S/C13H23N3O/c1-5-13(4)9-16(10(2)6-15-13)8-12-14-7-11(3)17-12/h7,10,15H,5-6,8-9H2,1-4H3. The third kappa shape index (κ3) is 2.87. The summed E-state index contributed by atoms with van der Waals surface area (Å²) < 4.78 is 5.56. The maximum Gasteiger partial charge on any atom is 0.208 e. The average Bonchev–Trinajstić information content (AvgIpc) is 2.70. The van der Waals surface area contributed by atoms with E-state index in [1.807, 2.05) is 6.92 Å². The van der Waals surface area contributed by atoms with Gasteiger partial charge in [-0.05, 0) is 27.2 Å². The van der Waals surface area contributed by atoms with Gasteiger partial charge in [-0.1, -0.05) is 6.92 Å². The van der Waals surface area contributed by atoms with Gasteiger partial charge in [0.15, 0.2) is 0 Å². The minimum atomic E-state index is 0.216. The van der Waals surface area contributed by atoms with E-state index in [-0.39, 0.29) is 5.54 Å². The van der Waals surface area contributed by atoms with Gasteiger partial charge in [-0.25, -0.2) is 4.98 Å². The number of oxazole rings is 1. The summed E-state index contributed by atoms with van der Waals surface area (Å²) in [5.41, 5.74) is 0.216. The van der Waals surface area contributed by atoms with Crippen LogP contribution in [0.4, 0.5) is 0 Å². The van der Waals surface area contributed by atoms with Crippen molar-refractivity contribution in [3.8, 4) is 0 Å². The van der Waals surface area contributed by atoms with Gasteiger partial charge in [0.05, 0.1) is 12.7 Å². The molecule has 4 heteroatoms. The van der Waals surface area contributed by atoms with Crippen molar-refractivity contribution in [1.29, 1.82) is 0 Å². The summed E-state index contributed by atoms with van der Waals surface area (Å²) >= 11 is 0. The van der Waals surface area contributed by atoms with Gasteiger partial charge in [-0.2, -0.15) is 0 Å². The molecule has 0 spiro atoms. The van der Waals surface area contributed by atoms with Crippen molar-refractivity contribution >= 4 is 0 Å².